The van der Waals surface area contributed by atoms with Crippen LogP contribution in [0, 0.1) is 0 Å². The first-order valence-corrected chi connectivity index (χ1v) is 7.63. The maximum absolute atomic E-state index is 12.4. The van der Waals surface area contributed by atoms with Crippen LogP contribution in [-0.4, -0.2) is 58.9 Å². The zero-order valence-corrected chi connectivity index (χ0v) is 13.1. The van der Waals surface area contributed by atoms with Crippen molar-refractivity contribution in [3.8, 4) is 0 Å². The quantitative estimate of drug-likeness (QED) is 0.594. The van der Waals surface area contributed by atoms with Crippen molar-refractivity contribution in [3.63, 3.8) is 0 Å². The molecular formula is C13H19ClF4N2O3. The molecule has 1 atom stereocenters. The summed E-state index contributed by atoms with van der Waals surface area (Å²) in [6.07, 6.45) is 0.748. The molecule has 2 aliphatic rings. The molecule has 2 saturated heterocycles. The van der Waals surface area contributed by atoms with E-state index in [1.54, 1.807) is 0 Å². The monoisotopic (exact) mass is 362 g/mol. The fourth-order valence-corrected chi connectivity index (χ4v) is 3.21. The number of carbonyl (C=O) groups is 2. The number of fused-ring (bicyclic) bond motifs is 1. The highest BCUT2D eigenvalue weighted by atomic mass is 35.5. The van der Waals surface area contributed by atoms with Gasteiger partial charge in [-0.3, -0.25) is 9.69 Å². The number of carboxylic acid groups (broad SMARTS) is 1. The molecule has 2 rings (SSSR count). The smallest absolute Gasteiger partial charge is 0.475 e. The Kier molecular flexibility index (Phi) is 7.06. The average molecular weight is 363 g/mol. The van der Waals surface area contributed by atoms with Crippen LogP contribution in [0.5, 0.6) is 0 Å². The lowest BCUT2D eigenvalue weighted by Gasteiger charge is -2.32. The van der Waals surface area contributed by atoms with Crippen LogP contribution in [-0.2, 0) is 9.59 Å². The van der Waals surface area contributed by atoms with Gasteiger partial charge in [0.25, 0.3) is 11.5 Å². The molecule has 2 fully saturated rings. The lowest BCUT2D eigenvalue weighted by molar-refractivity contribution is -0.192. The summed E-state index contributed by atoms with van der Waals surface area (Å²) in [7, 11) is 0. The summed E-state index contributed by atoms with van der Waals surface area (Å²) in [6, 6.07) is 0. The lowest BCUT2D eigenvalue weighted by Crippen LogP contribution is -2.42. The van der Waals surface area contributed by atoms with Crippen LogP contribution in [0.15, 0.2) is 0 Å². The molecule has 2 N–H and O–H groups in total. The highest BCUT2D eigenvalue weighted by Gasteiger charge is 2.43. The van der Waals surface area contributed by atoms with E-state index >= 15 is 0 Å². The van der Waals surface area contributed by atoms with E-state index in [4.69, 9.17) is 21.5 Å². The molecule has 2 aliphatic heterocycles. The van der Waals surface area contributed by atoms with Crippen LogP contribution in [0.4, 0.5) is 17.6 Å². The van der Waals surface area contributed by atoms with Gasteiger partial charge in [-0.1, -0.05) is 11.6 Å². The maximum atomic E-state index is 12.4. The van der Waals surface area contributed by atoms with Crippen molar-refractivity contribution in [1.82, 2.24) is 10.2 Å². The molecule has 23 heavy (non-hydrogen) atoms. The van der Waals surface area contributed by atoms with Gasteiger partial charge in [-0.15, -0.1) is 0 Å². The summed E-state index contributed by atoms with van der Waals surface area (Å²) < 4.78 is 44.1. The Bertz CT molecular complexity index is 422. The predicted molar refractivity (Wildman–Crippen MR) is 74.8 cm³/mol. The minimum atomic E-state index is -5.08. The summed E-state index contributed by atoms with van der Waals surface area (Å²) in [5.74, 6) is -3.46. The van der Waals surface area contributed by atoms with Gasteiger partial charge in [0, 0.05) is 12.1 Å². The Labute approximate surface area is 136 Å². The summed E-state index contributed by atoms with van der Waals surface area (Å²) >= 11 is 5.04. The molecule has 10 heteroatoms. The van der Waals surface area contributed by atoms with Crippen molar-refractivity contribution >= 4 is 23.5 Å². The standard InChI is InChI=1S/C11H18ClFN2O.C2HF3O2/c12-9(13)10(16)14-6-5-11-3-1-7-15(11)8-2-4-11;3-2(4,5)1(6)7/h9H,1-8H2,(H,14,16);(H,6,7). The van der Waals surface area contributed by atoms with Crippen molar-refractivity contribution in [2.75, 3.05) is 19.6 Å². The number of halogens is 5. The van der Waals surface area contributed by atoms with E-state index in [1.165, 1.54) is 38.8 Å². The van der Waals surface area contributed by atoms with E-state index in [2.05, 4.69) is 10.2 Å². The highest BCUT2D eigenvalue weighted by Crippen LogP contribution is 2.40. The fourth-order valence-electron chi connectivity index (χ4n) is 3.13. The second kappa shape index (κ2) is 8.14. The van der Waals surface area contributed by atoms with Gasteiger partial charge >= 0.3 is 12.1 Å². The molecule has 5 nitrogen and oxygen atoms in total. The van der Waals surface area contributed by atoms with Gasteiger partial charge in [0.2, 0.25) is 0 Å². The molecule has 1 unspecified atom stereocenters. The number of aliphatic carboxylic acids is 1. The van der Waals surface area contributed by atoms with Crippen LogP contribution < -0.4 is 5.32 Å². The average Bonchev–Trinajstić information content (AvgIpc) is 2.97. The van der Waals surface area contributed by atoms with Gasteiger partial charge in [0.15, 0.2) is 0 Å². The summed E-state index contributed by atoms with van der Waals surface area (Å²) in [4.78, 5) is 22.4. The van der Waals surface area contributed by atoms with E-state index < -0.39 is 23.7 Å². The minimum absolute atomic E-state index is 0.283. The Morgan fingerprint density at radius 1 is 1.26 bits per heavy atom. The number of carboxylic acids is 1. The van der Waals surface area contributed by atoms with Gasteiger partial charge in [0.05, 0.1) is 0 Å². The number of alkyl halides is 5. The van der Waals surface area contributed by atoms with Gasteiger partial charge in [0.1, 0.15) is 0 Å². The van der Waals surface area contributed by atoms with Gasteiger partial charge in [-0.25, -0.2) is 9.18 Å². The molecule has 0 saturated carbocycles. The van der Waals surface area contributed by atoms with Crippen molar-refractivity contribution in [2.24, 2.45) is 0 Å². The van der Waals surface area contributed by atoms with Crippen LogP contribution in [0.1, 0.15) is 32.1 Å². The Morgan fingerprint density at radius 3 is 2.13 bits per heavy atom. The topological polar surface area (TPSA) is 69.6 Å². The molecular weight excluding hydrogens is 344 g/mol. The zero-order valence-electron chi connectivity index (χ0n) is 12.3. The second-order valence-electron chi connectivity index (χ2n) is 5.56. The van der Waals surface area contributed by atoms with E-state index in [0.29, 0.717) is 6.54 Å². The highest BCUT2D eigenvalue weighted by molar-refractivity contribution is 6.29. The first-order chi connectivity index (χ1) is 10.6. The van der Waals surface area contributed by atoms with Gasteiger partial charge < -0.3 is 10.4 Å². The Morgan fingerprint density at radius 2 is 1.74 bits per heavy atom. The molecule has 134 valence electrons. The minimum Gasteiger partial charge on any atom is -0.475 e. The summed E-state index contributed by atoms with van der Waals surface area (Å²) in [5.41, 5.74) is -1.63. The van der Waals surface area contributed by atoms with Crippen molar-refractivity contribution in [3.05, 3.63) is 0 Å². The predicted octanol–water partition coefficient (Wildman–Crippen LogP) is 2.29. The van der Waals surface area contributed by atoms with E-state index in [0.717, 1.165) is 6.42 Å². The molecule has 0 spiro atoms. The van der Waals surface area contributed by atoms with Gasteiger partial charge in [-0.2, -0.15) is 13.2 Å². The Hall–Kier alpha value is -1.09. The van der Waals surface area contributed by atoms with E-state index in [9.17, 15) is 22.4 Å². The number of hydrogen-bond donors (Lipinski definition) is 2. The number of hydrogen-bond acceptors (Lipinski definition) is 3. The normalized spacial score (nSPS) is 21.1. The summed E-state index contributed by atoms with van der Waals surface area (Å²) in [5, 5.41) is 9.67. The van der Waals surface area contributed by atoms with Crippen LogP contribution in [0.2, 0.25) is 0 Å². The van der Waals surface area contributed by atoms with Crippen molar-refractivity contribution in [2.45, 2.75) is 49.5 Å². The molecule has 0 aromatic heterocycles. The van der Waals surface area contributed by atoms with Crippen molar-refractivity contribution in [1.29, 1.82) is 0 Å². The van der Waals surface area contributed by atoms with Crippen LogP contribution in [0.3, 0.4) is 0 Å². The van der Waals surface area contributed by atoms with E-state index in [-0.39, 0.29) is 5.54 Å². The molecule has 1 amide bonds. The van der Waals surface area contributed by atoms with Crippen LogP contribution >= 0.6 is 11.6 Å². The first-order valence-electron chi connectivity index (χ1n) is 7.19. The third-order valence-corrected chi connectivity index (χ3v) is 4.34. The summed E-state index contributed by atoms with van der Waals surface area (Å²) in [6.45, 7) is 2.88. The maximum Gasteiger partial charge on any atom is 0.490 e. The van der Waals surface area contributed by atoms with Crippen LogP contribution in [0.25, 0.3) is 0 Å². The first kappa shape index (κ1) is 20.0. The third-order valence-electron chi connectivity index (χ3n) is 4.14. The van der Waals surface area contributed by atoms with E-state index in [1.807, 2.05) is 0 Å². The molecule has 0 aromatic carbocycles. The van der Waals surface area contributed by atoms with Gasteiger partial charge in [-0.05, 0) is 45.2 Å². The SMILES string of the molecule is O=C(NCCC12CCCN1CCC2)C(F)Cl.O=C(O)C(F)(F)F. The molecule has 0 aliphatic carbocycles. The Balaban J connectivity index is 0.000000322. The number of carbonyl (C=O) groups excluding carboxylic acids is 1. The number of amides is 1. The fraction of sp³-hybridized carbons (Fsp3) is 0.846. The lowest BCUT2D eigenvalue weighted by atomic mass is 9.90. The largest absolute Gasteiger partial charge is 0.490 e. The molecule has 0 radical (unpaired) electrons. The molecule has 0 aromatic rings. The molecule has 2 heterocycles. The third kappa shape index (κ3) is 5.80. The molecule has 0 bridgehead atoms. The second-order valence-corrected chi connectivity index (χ2v) is 5.95. The zero-order chi connectivity index (χ0) is 17.7. The number of nitrogens with one attached hydrogen (secondary N) is 1. The number of rotatable bonds is 4. The number of nitrogens with zero attached hydrogens (tertiary/aromatic N) is 1. The van der Waals surface area contributed by atoms with Crippen molar-refractivity contribution < 1.29 is 32.3 Å².